The summed E-state index contributed by atoms with van der Waals surface area (Å²) in [4.78, 5) is 35.4. The van der Waals surface area contributed by atoms with Gasteiger partial charge >= 0.3 is 0 Å². The smallest absolute Gasteiger partial charge is 0.245 e. The molecule has 0 aromatic heterocycles. The number of amides is 3. The zero-order valence-corrected chi connectivity index (χ0v) is 13.5. The lowest BCUT2D eigenvalue weighted by molar-refractivity contribution is -0.128. The van der Waals surface area contributed by atoms with Gasteiger partial charge in [-0.25, -0.2) is 0 Å². The zero-order chi connectivity index (χ0) is 16.8. The summed E-state index contributed by atoms with van der Waals surface area (Å²) in [6, 6.07) is 8.22. The Morgan fingerprint density at radius 1 is 1.22 bits per heavy atom. The molecule has 0 bridgehead atoms. The predicted molar refractivity (Wildman–Crippen MR) is 86.5 cm³/mol. The van der Waals surface area contributed by atoms with E-state index in [2.05, 4.69) is 16.0 Å². The van der Waals surface area contributed by atoms with Crippen LogP contribution in [0, 0.1) is 0 Å². The fraction of sp³-hybridized carbons (Fsp3) is 0.471. The molecule has 1 fully saturated rings. The van der Waals surface area contributed by atoms with Crippen molar-refractivity contribution in [3.8, 4) is 0 Å². The Morgan fingerprint density at radius 2 is 1.87 bits per heavy atom. The van der Waals surface area contributed by atoms with Crippen molar-refractivity contribution in [1.29, 1.82) is 0 Å². The van der Waals surface area contributed by atoms with Crippen LogP contribution in [0.3, 0.4) is 0 Å². The van der Waals surface area contributed by atoms with E-state index in [1.54, 1.807) is 6.92 Å². The maximum Gasteiger partial charge on any atom is 0.245 e. The first-order chi connectivity index (χ1) is 11.0. The van der Waals surface area contributed by atoms with Crippen LogP contribution in [0.25, 0.3) is 0 Å². The number of benzene rings is 1. The highest BCUT2D eigenvalue weighted by Gasteiger charge is 2.41. The van der Waals surface area contributed by atoms with E-state index in [-0.39, 0.29) is 36.2 Å². The van der Waals surface area contributed by atoms with Gasteiger partial charge in [0, 0.05) is 0 Å². The molecule has 0 spiro atoms. The third kappa shape index (κ3) is 5.09. The van der Waals surface area contributed by atoms with Crippen LogP contribution >= 0.6 is 0 Å². The number of nitrogens with one attached hydrogen (secondary N) is 3. The molecule has 2 rings (SSSR count). The molecule has 1 heterocycles. The molecular formula is C17H23N3O3. The Balaban J connectivity index is 1.81. The first-order valence-corrected chi connectivity index (χ1v) is 7.95. The molecule has 6 heteroatoms. The highest BCUT2D eigenvalue weighted by molar-refractivity contribution is 5.98. The molecule has 2 unspecified atom stereocenters. The van der Waals surface area contributed by atoms with Crippen LogP contribution in [0.15, 0.2) is 30.3 Å². The van der Waals surface area contributed by atoms with E-state index in [1.807, 2.05) is 37.3 Å². The average Bonchev–Trinajstić information content (AvgIpc) is 3.24. The van der Waals surface area contributed by atoms with Crippen molar-refractivity contribution in [1.82, 2.24) is 16.0 Å². The maximum atomic E-state index is 12.2. The monoisotopic (exact) mass is 317 g/mol. The molecule has 23 heavy (non-hydrogen) atoms. The van der Waals surface area contributed by atoms with Crippen LogP contribution in [0.4, 0.5) is 0 Å². The van der Waals surface area contributed by atoms with Gasteiger partial charge < -0.3 is 16.0 Å². The van der Waals surface area contributed by atoms with Gasteiger partial charge in [-0.2, -0.15) is 0 Å². The highest BCUT2D eigenvalue weighted by atomic mass is 16.2. The minimum absolute atomic E-state index is 0.0375. The Hall–Kier alpha value is -2.37. The minimum Gasteiger partial charge on any atom is -0.349 e. The average molecular weight is 317 g/mol. The lowest BCUT2D eigenvalue weighted by Crippen LogP contribution is -2.50. The number of hydrogen-bond donors (Lipinski definition) is 3. The van der Waals surface area contributed by atoms with Crippen LogP contribution in [0.5, 0.6) is 0 Å². The van der Waals surface area contributed by atoms with Gasteiger partial charge in [0.25, 0.3) is 0 Å². The van der Waals surface area contributed by atoms with Crippen molar-refractivity contribution in [3.05, 3.63) is 35.9 Å². The van der Waals surface area contributed by atoms with E-state index >= 15 is 0 Å². The SMILES string of the molecule is CCCC(NC(=O)[C@H](C)NC(=O)Cc1ccccc1)C1NC1=O. The van der Waals surface area contributed by atoms with Crippen molar-refractivity contribution < 1.29 is 14.4 Å². The van der Waals surface area contributed by atoms with Crippen LogP contribution in [0.1, 0.15) is 32.3 Å². The van der Waals surface area contributed by atoms with Crippen molar-refractivity contribution in [2.24, 2.45) is 0 Å². The second-order valence-corrected chi connectivity index (χ2v) is 5.84. The van der Waals surface area contributed by atoms with E-state index in [0.717, 1.165) is 18.4 Å². The molecule has 1 aromatic carbocycles. The van der Waals surface area contributed by atoms with E-state index in [0.29, 0.717) is 0 Å². The summed E-state index contributed by atoms with van der Waals surface area (Å²) >= 11 is 0. The third-order valence-electron chi connectivity index (χ3n) is 3.80. The molecule has 0 saturated carbocycles. The van der Waals surface area contributed by atoms with Crippen LogP contribution < -0.4 is 16.0 Å². The first-order valence-electron chi connectivity index (χ1n) is 7.95. The molecule has 3 amide bonds. The second kappa shape index (κ2) is 7.76. The van der Waals surface area contributed by atoms with Crippen LogP contribution in [0.2, 0.25) is 0 Å². The fourth-order valence-corrected chi connectivity index (χ4v) is 2.48. The molecule has 3 atom stereocenters. The van der Waals surface area contributed by atoms with Crippen molar-refractivity contribution in [2.45, 2.75) is 51.2 Å². The number of rotatable bonds is 8. The number of carbonyl (C=O) groups is 3. The van der Waals surface area contributed by atoms with E-state index in [1.165, 1.54) is 0 Å². The molecular weight excluding hydrogens is 294 g/mol. The van der Waals surface area contributed by atoms with E-state index in [9.17, 15) is 14.4 Å². The minimum atomic E-state index is -0.639. The molecule has 1 aliphatic heterocycles. The molecule has 6 nitrogen and oxygen atoms in total. The lowest BCUT2D eigenvalue weighted by atomic mass is 10.1. The van der Waals surface area contributed by atoms with Gasteiger partial charge in [-0.15, -0.1) is 0 Å². The lowest BCUT2D eigenvalue weighted by Gasteiger charge is -2.19. The van der Waals surface area contributed by atoms with E-state index < -0.39 is 6.04 Å². The summed E-state index contributed by atoms with van der Waals surface area (Å²) in [6.07, 6.45) is 1.82. The number of carbonyl (C=O) groups excluding carboxylic acids is 3. The molecule has 0 aliphatic carbocycles. The standard InChI is InChI=1S/C17H23N3O3/c1-3-7-13(15-17(23)20-15)19-16(22)11(2)18-14(21)10-12-8-5-4-6-9-12/h4-6,8-9,11,13,15H,3,7,10H2,1-2H3,(H,18,21)(H,19,22)(H,20,23)/t11-,13?,15?/m0/s1. The van der Waals surface area contributed by atoms with Gasteiger partial charge in [0.2, 0.25) is 17.7 Å². The van der Waals surface area contributed by atoms with Gasteiger partial charge in [0.05, 0.1) is 12.5 Å². The van der Waals surface area contributed by atoms with Crippen LogP contribution in [-0.4, -0.2) is 35.8 Å². The summed E-state index contributed by atoms with van der Waals surface area (Å²) < 4.78 is 0. The number of hydrogen-bond acceptors (Lipinski definition) is 3. The van der Waals surface area contributed by atoms with Gasteiger partial charge in [-0.05, 0) is 18.9 Å². The van der Waals surface area contributed by atoms with Gasteiger partial charge in [-0.1, -0.05) is 43.7 Å². The summed E-state index contributed by atoms with van der Waals surface area (Å²) in [6.45, 7) is 3.64. The normalized spacial score (nSPS) is 18.5. The molecule has 1 aromatic rings. The van der Waals surface area contributed by atoms with Gasteiger partial charge in [0.15, 0.2) is 0 Å². The molecule has 0 radical (unpaired) electrons. The van der Waals surface area contributed by atoms with Crippen molar-refractivity contribution in [2.75, 3.05) is 0 Å². The van der Waals surface area contributed by atoms with E-state index in [4.69, 9.17) is 0 Å². The Labute approximate surface area is 136 Å². The summed E-state index contributed by atoms with van der Waals surface area (Å²) in [7, 11) is 0. The summed E-state index contributed by atoms with van der Waals surface area (Å²) in [5.41, 5.74) is 0.897. The fourth-order valence-electron chi connectivity index (χ4n) is 2.48. The molecule has 1 aliphatic rings. The Kier molecular flexibility index (Phi) is 5.73. The second-order valence-electron chi connectivity index (χ2n) is 5.84. The summed E-state index contributed by atoms with van der Waals surface area (Å²) in [5, 5.41) is 8.23. The molecule has 3 N–H and O–H groups in total. The quantitative estimate of drug-likeness (QED) is 0.610. The maximum absolute atomic E-state index is 12.2. The molecule has 124 valence electrons. The third-order valence-corrected chi connectivity index (χ3v) is 3.80. The van der Waals surface area contributed by atoms with Crippen molar-refractivity contribution in [3.63, 3.8) is 0 Å². The predicted octanol–water partition coefficient (Wildman–Crippen LogP) is 0.517. The topological polar surface area (TPSA) is 97.2 Å². The summed E-state index contributed by atoms with van der Waals surface area (Å²) in [5.74, 6) is -0.512. The van der Waals surface area contributed by atoms with Gasteiger partial charge in [-0.3, -0.25) is 14.4 Å². The Bertz CT molecular complexity index is 574. The van der Waals surface area contributed by atoms with Gasteiger partial charge in [0.1, 0.15) is 12.1 Å². The Morgan fingerprint density at radius 3 is 2.43 bits per heavy atom. The van der Waals surface area contributed by atoms with Crippen LogP contribution in [-0.2, 0) is 20.8 Å². The highest BCUT2D eigenvalue weighted by Crippen LogP contribution is 2.12. The van der Waals surface area contributed by atoms with Crippen molar-refractivity contribution >= 4 is 17.7 Å². The first kappa shape index (κ1) is 17.0. The largest absolute Gasteiger partial charge is 0.349 e. The zero-order valence-electron chi connectivity index (χ0n) is 13.5. The molecule has 1 saturated heterocycles.